The van der Waals surface area contributed by atoms with Crippen LogP contribution in [0.3, 0.4) is 0 Å². The van der Waals surface area contributed by atoms with Crippen molar-refractivity contribution in [1.29, 1.82) is 0 Å². The Morgan fingerprint density at radius 2 is 1.91 bits per heavy atom. The number of hydrogen-bond acceptors (Lipinski definition) is 9. The monoisotopic (exact) mass is 496 g/mol. The number of aryl methyl sites for hydroxylation is 1. The number of ether oxygens (including phenoxy) is 1. The Hall–Kier alpha value is -3.33. The van der Waals surface area contributed by atoms with Crippen LogP contribution in [0.2, 0.25) is 0 Å². The molecule has 1 amide bonds. The number of hydrogen-bond donors (Lipinski definition) is 2. The molecule has 8 nitrogen and oxygen atoms in total. The fraction of sp³-hybridized carbons (Fsp3) is 0.227. The summed E-state index contributed by atoms with van der Waals surface area (Å²) in [5, 5.41) is 13.4. The Kier molecular flexibility index (Phi) is 5.57. The normalized spacial score (nSPS) is 13.8. The number of carbonyl (C=O) groups is 2. The Morgan fingerprint density at radius 1 is 1.15 bits per heavy atom. The summed E-state index contributed by atoms with van der Waals surface area (Å²) in [4.78, 5) is 34.7. The molecule has 0 atom stereocenters. The highest BCUT2D eigenvalue weighted by atomic mass is 32.1. The zero-order chi connectivity index (χ0) is 23.0. The van der Waals surface area contributed by atoms with Gasteiger partial charge in [-0.25, -0.2) is 14.8 Å². The van der Waals surface area contributed by atoms with Crippen molar-refractivity contribution in [1.82, 2.24) is 14.3 Å². The molecule has 11 heteroatoms. The van der Waals surface area contributed by atoms with Crippen LogP contribution in [0.4, 0.5) is 10.5 Å². The molecule has 1 aliphatic carbocycles. The van der Waals surface area contributed by atoms with E-state index in [0.717, 1.165) is 5.56 Å². The number of aromatic nitrogens is 3. The van der Waals surface area contributed by atoms with Crippen LogP contribution in [0.15, 0.2) is 30.3 Å². The minimum atomic E-state index is -0.827. The van der Waals surface area contributed by atoms with E-state index in [1.54, 1.807) is 6.92 Å². The lowest BCUT2D eigenvalue weighted by Crippen LogP contribution is -2.18. The van der Waals surface area contributed by atoms with Crippen molar-refractivity contribution in [2.75, 3.05) is 5.32 Å². The summed E-state index contributed by atoms with van der Waals surface area (Å²) in [6, 6.07) is 9.42. The van der Waals surface area contributed by atoms with Gasteiger partial charge in [-0.15, -0.1) is 0 Å². The minimum Gasteiger partial charge on any atom is -0.481 e. The smallest absolute Gasteiger partial charge is 0.412 e. The van der Waals surface area contributed by atoms with Gasteiger partial charge in [-0.05, 0) is 48.7 Å². The summed E-state index contributed by atoms with van der Waals surface area (Å²) in [5.74, 6) is 5.20. The first-order valence-corrected chi connectivity index (χ1v) is 12.3. The van der Waals surface area contributed by atoms with E-state index >= 15 is 0 Å². The van der Waals surface area contributed by atoms with Crippen LogP contribution in [0.25, 0.3) is 9.66 Å². The molecule has 0 aliphatic heterocycles. The Bertz CT molecular complexity index is 1390. The molecular formula is C22H16N4O4S3. The standard InChI is InChI=1S/C22H16N4O4S3/c1-12-16(24-21(29)30-11-13-5-3-2-4-6-13)14(33-26-12)7-8-15-23-17-18(31-15)25-19(32-17)22(9-10-22)20(27)28/h2-6H,9-11H2,1H3,(H,24,29)(H,27,28). The summed E-state index contributed by atoms with van der Waals surface area (Å²) >= 11 is 3.82. The van der Waals surface area contributed by atoms with Crippen molar-refractivity contribution in [2.24, 2.45) is 0 Å². The maximum atomic E-state index is 12.2. The molecule has 1 aromatic carbocycles. The average Bonchev–Trinajstić information content (AvgIpc) is 3.24. The third-order valence-electron chi connectivity index (χ3n) is 5.13. The molecule has 2 N–H and O–H groups in total. The molecule has 3 heterocycles. The quantitative estimate of drug-likeness (QED) is 0.382. The van der Waals surface area contributed by atoms with Crippen molar-refractivity contribution in [3.63, 3.8) is 0 Å². The van der Waals surface area contributed by atoms with E-state index in [1.165, 1.54) is 34.2 Å². The van der Waals surface area contributed by atoms with Crippen molar-refractivity contribution in [3.8, 4) is 11.8 Å². The van der Waals surface area contributed by atoms with Gasteiger partial charge in [0.25, 0.3) is 0 Å². The lowest BCUT2D eigenvalue weighted by atomic mass is 10.1. The van der Waals surface area contributed by atoms with Gasteiger partial charge in [0.2, 0.25) is 0 Å². The minimum absolute atomic E-state index is 0.165. The van der Waals surface area contributed by atoms with Crippen molar-refractivity contribution in [2.45, 2.75) is 31.8 Å². The van der Waals surface area contributed by atoms with Crippen LogP contribution in [0.5, 0.6) is 0 Å². The molecule has 0 saturated heterocycles. The number of rotatable bonds is 5. The van der Waals surface area contributed by atoms with E-state index in [9.17, 15) is 14.7 Å². The van der Waals surface area contributed by atoms with Crippen molar-refractivity contribution < 1.29 is 19.4 Å². The Labute approximate surface area is 200 Å². The second-order valence-electron chi connectivity index (χ2n) is 7.44. The van der Waals surface area contributed by atoms with E-state index in [2.05, 4.69) is 31.5 Å². The molecule has 166 valence electrons. The topological polar surface area (TPSA) is 114 Å². The van der Waals surface area contributed by atoms with Crippen LogP contribution in [0, 0.1) is 18.8 Å². The third kappa shape index (κ3) is 4.32. The van der Waals surface area contributed by atoms with E-state index in [-0.39, 0.29) is 6.61 Å². The first-order chi connectivity index (χ1) is 15.9. The number of thiazole rings is 2. The largest absolute Gasteiger partial charge is 0.481 e. The summed E-state index contributed by atoms with van der Waals surface area (Å²) in [6.45, 7) is 1.95. The van der Waals surface area contributed by atoms with Crippen LogP contribution < -0.4 is 5.32 Å². The fourth-order valence-electron chi connectivity index (χ4n) is 3.12. The van der Waals surface area contributed by atoms with Crippen LogP contribution in [-0.2, 0) is 21.6 Å². The highest BCUT2D eigenvalue weighted by Gasteiger charge is 2.54. The van der Waals surface area contributed by atoms with Gasteiger partial charge in [-0.3, -0.25) is 10.1 Å². The first kappa shape index (κ1) is 21.5. The zero-order valence-corrected chi connectivity index (χ0v) is 19.7. The summed E-state index contributed by atoms with van der Waals surface area (Å²) in [7, 11) is 0. The molecule has 0 bridgehead atoms. The predicted octanol–water partition coefficient (Wildman–Crippen LogP) is 4.78. The number of anilines is 1. The highest BCUT2D eigenvalue weighted by molar-refractivity contribution is 7.26. The van der Waals surface area contributed by atoms with E-state index < -0.39 is 17.5 Å². The van der Waals surface area contributed by atoms with Crippen molar-refractivity contribution in [3.05, 3.63) is 56.5 Å². The lowest BCUT2D eigenvalue weighted by molar-refractivity contribution is -0.140. The molecule has 1 fully saturated rings. The van der Waals surface area contributed by atoms with Gasteiger partial charge >= 0.3 is 12.1 Å². The van der Waals surface area contributed by atoms with Gasteiger partial charge in [0.1, 0.15) is 21.9 Å². The number of carboxylic acids is 1. The number of nitrogens with zero attached hydrogens (tertiary/aromatic N) is 3. The number of aliphatic carboxylic acids is 1. The van der Waals surface area contributed by atoms with E-state index in [0.29, 0.717) is 48.8 Å². The van der Waals surface area contributed by atoms with Crippen molar-refractivity contribution >= 4 is 61.6 Å². The lowest BCUT2D eigenvalue weighted by Gasteiger charge is -2.06. The average molecular weight is 497 g/mol. The summed E-state index contributed by atoms with van der Waals surface area (Å²) < 4.78 is 9.56. The number of benzene rings is 1. The third-order valence-corrected chi connectivity index (χ3v) is 8.13. The predicted molar refractivity (Wildman–Crippen MR) is 127 cm³/mol. The molecular weight excluding hydrogens is 480 g/mol. The van der Waals surface area contributed by atoms with Gasteiger partial charge < -0.3 is 9.84 Å². The maximum absolute atomic E-state index is 12.2. The molecule has 1 saturated carbocycles. The van der Waals surface area contributed by atoms with Crippen LogP contribution in [0.1, 0.15) is 39.0 Å². The summed E-state index contributed by atoms with van der Waals surface area (Å²) in [5.41, 5.74) is 1.23. The molecule has 0 unspecified atom stereocenters. The van der Waals surface area contributed by atoms with Gasteiger partial charge in [0.15, 0.2) is 14.7 Å². The van der Waals surface area contributed by atoms with E-state index in [1.807, 2.05) is 30.3 Å². The zero-order valence-electron chi connectivity index (χ0n) is 17.2. The number of nitrogens with one attached hydrogen (secondary N) is 1. The maximum Gasteiger partial charge on any atom is 0.412 e. The summed E-state index contributed by atoms with van der Waals surface area (Å²) in [6.07, 6.45) is 0.651. The van der Waals surface area contributed by atoms with E-state index in [4.69, 9.17) is 4.74 Å². The highest BCUT2D eigenvalue weighted by Crippen LogP contribution is 2.50. The van der Waals surface area contributed by atoms with Crippen LogP contribution in [-0.4, -0.2) is 31.5 Å². The number of carboxylic acid groups (broad SMARTS) is 1. The van der Waals surface area contributed by atoms with Gasteiger partial charge in [-0.2, -0.15) is 4.37 Å². The Balaban J connectivity index is 1.29. The molecule has 0 spiro atoms. The molecule has 0 radical (unpaired) electrons. The SMILES string of the molecule is Cc1nsc(C#Cc2nc3sc(C4(C(=O)O)CC4)nc3s2)c1NC(=O)OCc1ccccc1. The fourth-order valence-corrected chi connectivity index (χ4v) is 5.96. The first-order valence-electron chi connectivity index (χ1n) is 9.92. The molecule has 33 heavy (non-hydrogen) atoms. The number of amides is 1. The molecule has 1 aliphatic rings. The second kappa shape index (κ2) is 8.55. The van der Waals surface area contributed by atoms with Gasteiger partial charge in [-0.1, -0.05) is 53.0 Å². The molecule has 3 aromatic heterocycles. The number of carbonyl (C=O) groups excluding carboxylic acids is 1. The van der Waals surface area contributed by atoms with Gasteiger partial charge in [0, 0.05) is 0 Å². The number of fused-ring (bicyclic) bond motifs is 1. The molecule has 4 aromatic rings. The molecule has 5 rings (SSSR count). The second-order valence-corrected chi connectivity index (χ2v) is 10.2. The Morgan fingerprint density at radius 3 is 2.61 bits per heavy atom. The van der Waals surface area contributed by atoms with Crippen LogP contribution >= 0.6 is 34.2 Å². The van der Waals surface area contributed by atoms with Gasteiger partial charge in [0.05, 0.1) is 11.4 Å².